The van der Waals surface area contributed by atoms with E-state index in [0.29, 0.717) is 12.6 Å². The zero-order chi connectivity index (χ0) is 12.1. The number of aliphatic hydroxyl groups is 1. The van der Waals surface area contributed by atoms with Crippen molar-refractivity contribution in [3.63, 3.8) is 0 Å². The molecule has 1 heterocycles. The molecule has 0 aromatic heterocycles. The highest BCUT2D eigenvalue weighted by atomic mass is 16.3. The number of aliphatic hydroxyl groups excluding tert-OH is 1. The van der Waals surface area contributed by atoms with E-state index < -0.39 is 0 Å². The summed E-state index contributed by atoms with van der Waals surface area (Å²) in [7, 11) is 0. The molecule has 1 aromatic carbocycles. The lowest BCUT2D eigenvalue weighted by Gasteiger charge is -2.35. The number of rotatable bonds is 4. The second kappa shape index (κ2) is 6.18. The Bertz CT molecular complexity index is 349. The number of aryl methyl sites for hydroxylation is 1. The van der Waals surface area contributed by atoms with Gasteiger partial charge in [-0.1, -0.05) is 36.2 Å². The van der Waals surface area contributed by atoms with Crippen LogP contribution in [0.4, 0.5) is 0 Å². The van der Waals surface area contributed by atoms with Crippen molar-refractivity contribution in [1.82, 2.24) is 4.90 Å². The summed E-state index contributed by atoms with van der Waals surface area (Å²) in [6, 6.07) is 9.33. The monoisotopic (exact) mass is 233 g/mol. The summed E-state index contributed by atoms with van der Waals surface area (Å²) in [6.07, 6.45) is 4.78. The summed E-state index contributed by atoms with van der Waals surface area (Å²) in [6.45, 7) is 4.67. The average Bonchev–Trinajstić information content (AvgIpc) is 2.32. The predicted octanol–water partition coefficient (Wildman–Crippen LogP) is 2.73. The Morgan fingerprint density at radius 1 is 1.35 bits per heavy atom. The van der Waals surface area contributed by atoms with Crippen LogP contribution in [0, 0.1) is 6.92 Å². The van der Waals surface area contributed by atoms with E-state index in [4.69, 9.17) is 5.11 Å². The van der Waals surface area contributed by atoms with Gasteiger partial charge in [-0.05, 0) is 38.3 Å². The molecule has 1 unspecified atom stereocenters. The fraction of sp³-hybridized carbons (Fsp3) is 0.600. The number of piperidine rings is 1. The molecule has 1 fully saturated rings. The smallest absolute Gasteiger partial charge is 0.0445 e. The van der Waals surface area contributed by atoms with E-state index in [1.54, 1.807) is 0 Å². The van der Waals surface area contributed by atoms with Gasteiger partial charge in [0.25, 0.3) is 0 Å². The van der Waals surface area contributed by atoms with Crippen LogP contribution in [-0.4, -0.2) is 29.2 Å². The van der Waals surface area contributed by atoms with Crippen molar-refractivity contribution in [2.45, 2.75) is 45.2 Å². The highest BCUT2D eigenvalue weighted by Crippen LogP contribution is 2.21. The number of hydrogen-bond donors (Lipinski definition) is 1. The molecule has 0 amide bonds. The van der Waals surface area contributed by atoms with E-state index in [9.17, 15) is 0 Å². The third-order valence-electron chi connectivity index (χ3n) is 3.68. The summed E-state index contributed by atoms with van der Waals surface area (Å²) in [5.74, 6) is 0. The lowest BCUT2D eigenvalue weighted by molar-refractivity contribution is 0.112. The first-order chi connectivity index (χ1) is 8.29. The molecule has 1 saturated heterocycles. The second-order valence-corrected chi connectivity index (χ2v) is 5.12. The number of likely N-dealkylation sites (tertiary alicyclic amines) is 1. The van der Waals surface area contributed by atoms with Crippen molar-refractivity contribution in [3.05, 3.63) is 35.4 Å². The van der Waals surface area contributed by atoms with Crippen molar-refractivity contribution in [2.24, 2.45) is 0 Å². The molecule has 17 heavy (non-hydrogen) atoms. The first-order valence-electron chi connectivity index (χ1n) is 6.70. The summed E-state index contributed by atoms with van der Waals surface area (Å²) in [5.41, 5.74) is 2.73. The Kier molecular flexibility index (Phi) is 4.57. The number of benzene rings is 1. The van der Waals surface area contributed by atoms with Gasteiger partial charge in [-0.25, -0.2) is 0 Å². The fourth-order valence-electron chi connectivity index (χ4n) is 2.79. The van der Waals surface area contributed by atoms with Crippen molar-refractivity contribution < 1.29 is 5.11 Å². The molecule has 2 nitrogen and oxygen atoms in total. The van der Waals surface area contributed by atoms with Gasteiger partial charge in [-0.15, -0.1) is 0 Å². The van der Waals surface area contributed by atoms with Gasteiger partial charge in [0.15, 0.2) is 0 Å². The van der Waals surface area contributed by atoms with E-state index in [1.165, 1.54) is 36.9 Å². The van der Waals surface area contributed by atoms with Crippen LogP contribution in [0.2, 0.25) is 0 Å². The summed E-state index contributed by atoms with van der Waals surface area (Å²) in [5, 5.41) is 9.12. The van der Waals surface area contributed by atoms with Crippen LogP contribution in [0.15, 0.2) is 24.3 Å². The SMILES string of the molecule is Cc1cccc(CN2CCCCC2CCO)c1. The zero-order valence-electron chi connectivity index (χ0n) is 10.7. The standard InChI is InChI=1S/C15H23NO/c1-13-5-4-6-14(11-13)12-16-9-3-2-7-15(16)8-10-17/h4-6,11,15,17H,2-3,7-10,12H2,1H3. The first-order valence-corrected chi connectivity index (χ1v) is 6.70. The van der Waals surface area contributed by atoms with Crippen LogP contribution < -0.4 is 0 Å². The molecule has 0 spiro atoms. The minimum absolute atomic E-state index is 0.314. The molecule has 1 aliphatic heterocycles. The maximum absolute atomic E-state index is 9.12. The fourth-order valence-corrected chi connectivity index (χ4v) is 2.79. The number of nitrogens with zero attached hydrogens (tertiary/aromatic N) is 1. The predicted molar refractivity (Wildman–Crippen MR) is 70.9 cm³/mol. The van der Waals surface area contributed by atoms with Crippen molar-refractivity contribution >= 4 is 0 Å². The Labute approximate surface area is 104 Å². The Morgan fingerprint density at radius 2 is 2.24 bits per heavy atom. The first kappa shape index (κ1) is 12.6. The minimum atomic E-state index is 0.314. The lowest BCUT2D eigenvalue weighted by atomic mass is 9.98. The van der Waals surface area contributed by atoms with Crippen molar-refractivity contribution in [2.75, 3.05) is 13.2 Å². The molecule has 1 aliphatic rings. The van der Waals surface area contributed by atoms with E-state index in [-0.39, 0.29) is 0 Å². The maximum atomic E-state index is 9.12. The Morgan fingerprint density at radius 3 is 3.00 bits per heavy atom. The Hall–Kier alpha value is -0.860. The molecule has 2 heteroatoms. The molecule has 1 aromatic rings. The molecule has 0 radical (unpaired) electrons. The van der Waals surface area contributed by atoms with Crippen LogP contribution in [0.1, 0.15) is 36.8 Å². The zero-order valence-corrected chi connectivity index (χ0v) is 10.7. The van der Waals surface area contributed by atoms with Crippen LogP contribution >= 0.6 is 0 Å². The van der Waals surface area contributed by atoms with Crippen LogP contribution in [0.3, 0.4) is 0 Å². The van der Waals surface area contributed by atoms with Crippen molar-refractivity contribution in [1.29, 1.82) is 0 Å². The largest absolute Gasteiger partial charge is 0.396 e. The van der Waals surface area contributed by atoms with Gasteiger partial charge in [0.1, 0.15) is 0 Å². The van der Waals surface area contributed by atoms with Gasteiger partial charge < -0.3 is 5.11 Å². The highest BCUT2D eigenvalue weighted by Gasteiger charge is 2.21. The number of hydrogen-bond acceptors (Lipinski definition) is 2. The van der Waals surface area contributed by atoms with Gasteiger partial charge in [0, 0.05) is 19.2 Å². The molecule has 0 bridgehead atoms. The molecule has 0 saturated carbocycles. The van der Waals surface area contributed by atoms with Crippen LogP contribution in [0.5, 0.6) is 0 Å². The molecule has 2 rings (SSSR count). The molecule has 0 aliphatic carbocycles. The van der Waals surface area contributed by atoms with Crippen molar-refractivity contribution in [3.8, 4) is 0 Å². The molecule has 94 valence electrons. The molecule has 1 atom stereocenters. The minimum Gasteiger partial charge on any atom is -0.396 e. The quantitative estimate of drug-likeness (QED) is 0.864. The van der Waals surface area contributed by atoms with Gasteiger partial charge in [0.05, 0.1) is 0 Å². The normalized spacial score (nSPS) is 21.6. The van der Waals surface area contributed by atoms with E-state index >= 15 is 0 Å². The van der Waals surface area contributed by atoms with E-state index in [1.807, 2.05) is 0 Å². The highest BCUT2D eigenvalue weighted by molar-refractivity contribution is 5.22. The van der Waals surface area contributed by atoms with Gasteiger partial charge in [-0.3, -0.25) is 4.90 Å². The molecular formula is C15H23NO. The van der Waals surface area contributed by atoms with E-state index in [2.05, 4.69) is 36.1 Å². The lowest BCUT2D eigenvalue weighted by Crippen LogP contribution is -2.39. The Balaban J connectivity index is 2.00. The second-order valence-electron chi connectivity index (χ2n) is 5.12. The third-order valence-corrected chi connectivity index (χ3v) is 3.68. The summed E-state index contributed by atoms with van der Waals surface area (Å²) in [4.78, 5) is 2.54. The topological polar surface area (TPSA) is 23.5 Å². The average molecular weight is 233 g/mol. The third kappa shape index (κ3) is 3.55. The molecular weight excluding hydrogens is 210 g/mol. The van der Waals surface area contributed by atoms with Gasteiger partial charge in [-0.2, -0.15) is 0 Å². The van der Waals surface area contributed by atoms with Crippen LogP contribution in [0.25, 0.3) is 0 Å². The maximum Gasteiger partial charge on any atom is 0.0445 e. The molecule has 1 N–H and O–H groups in total. The summed E-state index contributed by atoms with van der Waals surface area (Å²) >= 11 is 0. The van der Waals surface area contributed by atoms with Crippen LogP contribution in [-0.2, 0) is 6.54 Å². The van der Waals surface area contributed by atoms with Gasteiger partial charge in [0.2, 0.25) is 0 Å². The van der Waals surface area contributed by atoms with Gasteiger partial charge >= 0.3 is 0 Å². The van der Waals surface area contributed by atoms with E-state index in [0.717, 1.165) is 13.0 Å². The summed E-state index contributed by atoms with van der Waals surface area (Å²) < 4.78 is 0.